The first-order valence-corrected chi connectivity index (χ1v) is 9.16. The van der Waals surface area contributed by atoms with Crippen molar-refractivity contribution in [3.63, 3.8) is 0 Å². The van der Waals surface area contributed by atoms with Gasteiger partial charge in [0.25, 0.3) is 0 Å². The van der Waals surface area contributed by atoms with Crippen LogP contribution in [-0.2, 0) is 23.8 Å². The number of phenols is 1. The normalized spacial score (nSPS) is 36.1. The lowest BCUT2D eigenvalue weighted by Crippen LogP contribution is -2.65. The van der Waals surface area contributed by atoms with E-state index >= 15 is 0 Å². The highest BCUT2D eigenvalue weighted by atomic mass is 16.7. The van der Waals surface area contributed by atoms with E-state index in [1.165, 1.54) is 18.2 Å². The molecular weight excluding hydrogens is 384 g/mol. The molecule has 0 radical (unpaired) electrons. The lowest BCUT2D eigenvalue weighted by Gasteiger charge is -2.49. The largest absolute Gasteiger partial charge is 0.507 e. The van der Waals surface area contributed by atoms with E-state index in [2.05, 4.69) is 0 Å². The molecule has 1 spiro atoms. The number of rotatable bonds is 0. The van der Waals surface area contributed by atoms with E-state index in [0.29, 0.717) is 0 Å². The molecule has 2 saturated heterocycles. The number of ether oxygens (including phenoxy) is 3. The summed E-state index contributed by atoms with van der Waals surface area (Å²) in [6.45, 7) is 1.57. The van der Waals surface area contributed by atoms with Gasteiger partial charge in [-0.05, 0) is 13.0 Å². The van der Waals surface area contributed by atoms with Crippen LogP contribution in [0.25, 0.3) is 0 Å². The maximum absolute atomic E-state index is 13.4. The van der Waals surface area contributed by atoms with Gasteiger partial charge in [-0.2, -0.15) is 0 Å². The Morgan fingerprint density at radius 3 is 2.59 bits per heavy atom. The van der Waals surface area contributed by atoms with Crippen molar-refractivity contribution in [1.29, 1.82) is 0 Å². The van der Waals surface area contributed by atoms with Crippen LogP contribution in [0.3, 0.4) is 0 Å². The molecule has 1 aromatic carbocycles. The Labute approximate surface area is 163 Å². The molecule has 0 saturated carbocycles. The van der Waals surface area contributed by atoms with E-state index in [1.54, 1.807) is 6.92 Å². The van der Waals surface area contributed by atoms with Crippen molar-refractivity contribution in [3.8, 4) is 5.75 Å². The second-order valence-electron chi connectivity index (χ2n) is 7.59. The second kappa shape index (κ2) is 5.82. The van der Waals surface area contributed by atoms with Gasteiger partial charge in [-0.25, -0.2) is 0 Å². The minimum Gasteiger partial charge on any atom is -0.507 e. The van der Waals surface area contributed by atoms with Crippen LogP contribution in [-0.4, -0.2) is 63.7 Å². The molecule has 3 heterocycles. The van der Waals surface area contributed by atoms with E-state index < -0.39 is 64.8 Å². The fourth-order valence-corrected chi connectivity index (χ4v) is 4.56. The Hall–Kier alpha value is -2.88. The summed E-state index contributed by atoms with van der Waals surface area (Å²) in [6, 6.07) is 4.03. The predicted octanol–water partition coefficient (Wildman–Crippen LogP) is 0.217. The lowest BCUT2D eigenvalue weighted by molar-refractivity contribution is -0.305. The Balaban J connectivity index is 1.81. The minimum absolute atomic E-state index is 0.0582. The number of benzene rings is 1. The van der Waals surface area contributed by atoms with Crippen molar-refractivity contribution >= 4 is 23.3 Å². The fraction of sp³-hybridized carbons (Fsp3) is 0.400. The second-order valence-corrected chi connectivity index (χ2v) is 7.59. The van der Waals surface area contributed by atoms with Gasteiger partial charge in [-0.3, -0.25) is 19.2 Å². The van der Waals surface area contributed by atoms with Gasteiger partial charge in [0.15, 0.2) is 29.6 Å². The monoisotopic (exact) mass is 400 g/mol. The maximum Gasteiger partial charge on any atom is 0.309 e. The summed E-state index contributed by atoms with van der Waals surface area (Å²) in [5.41, 5.74) is -0.920. The molecule has 5 rings (SSSR count). The third kappa shape index (κ3) is 2.26. The highest BCUT2D eigenvalue weighted by Crippen LogP contribution is 2.50. The minimum atomic E-state index is -2.26. The van der Waals surface area contributed by atoms with Crippen molar-refractivity contribution in [3.05, 3.63) is 40.5 Å². The van der Waals surface area contributed by atoms with Crippen LogP contribution in [0.2, 0.25) is 0 Å². The van der Waals surface area contributed by atoms with Gasteiger partial charge < -0.3 is 24.4 Å². The highest BCUT2D eigenvalue weighted by molar-refractivity contribution is 6.29. The topological polar surface area (TPSA) is 136 Å². The van der Waals surface area contributed by atoms with Gasteiger partial charge in [-0.15, -0.1) is 0 Å². The van der Waals surface area contributed by atoms with Crippen LogP contribution < -0.4 is 0 Å². The van der Waals surface area contributed by atoms with E-state index in [1.807, 2.05) is 0 Å². The van der Waals surface area contributed by atoms with Gasteiger partial charge in [-0.1, -0.05) is 12.1 Å². The van der Waals surface area contributed by atoms with E-state index in [4.69, 9.17) is 14.2 Å². The van der Waals surface area contributed by atoms with Gasteiger partial charge in [0.05, 0.1) is 29.2 Å². The fourth-order valence-electron chi connectivity index (χ4n) is 4.56. The molecular formula is C20H16O9. The van der Waals surface area contributed by atoms with Gasteiger partial charge in [0.2, 0.25) is 5.79 Å². The number of fused-ring (bicyclic) bond motifs is 4. The number of ketones is 3. The van der Waals surface area contributed by atoms with Crippen LogP contribution in [0, 0.1) is 0 Å². The zero-order valence-electron chi connectivity index (χ0n) is 15.2. The Morgan fingerprint density at radius 1 is 1.07 bits per heavy atom. The first-order chi connectivity index (χ1) is 13.7. The Kier molecular flexibility index (Phi) is 3.64. The molecule has 0 unspecified atom stereocenters. The third-order valence-electron chi connectivity index (χ3n) is 5.71. The molecule has 4 aliphatic rings. The van der Waals surface area contributed by atoms with E-state index in [-0.39, 0.29) is 29.5 Å². The van der Waals surface area contributed by atoms with Gasteiger partial charge in [0, 0.05) is 12.0 Å². The molecule has 150 valence electrons. The summed E-state index contributed by atoms with van der Waals surface area (Å²) < 4.78 is 16.9. The molecule has 29 heavy (non-hydrogen) atoms. The summed E-state index contributed by atoms with van der Waals surface area (Å²) in [5, 5.41) is 21.0. The number of Topliss-reactive ketones (excluding diaryl/α,β-unsaturated/α-hetero) is 3. The molecule has 1 aliphatic carbocycles. The van der Waals surface area contributed by atoms with E-state index in [9.17, 15) is 29.4 Å². The zero-order valence-corrected chi connectivity index (χ0v) is 15.2. The predicted molar refractivity (Wildman–Crippen MR) is 92.1 cm³/mol. The van der Waals surface area contributed by atoms with Crippen molar-refractivity contribution in [2.24, 2.45) is 0 Å². The third-order valence-corrected chi connectivity index (χ3v) is 5.71. The number of aromatic hydroxyl groups is 1. The highest BCUT2D eigenvalue weighted by Gasteiger charge is 2.64. The van der Waals surface area contributed by atoms with Crippen molar-refractivity contribution < 1.29 is 43.6 Å². The molecule has 2 N–H and O–H groups in total. The zero-order chi connectivity index (χ0) is 20.7. The molecule has 0 bridgehead atoms. The summed E-state index contributed by atoms with van der Waals surface area (Å²) >= 11 is 0. The van der Waals surface area contributed by atoms with Gasteiger partial charge >= 0.3 is 5.97 Å². The number of hydrogen-bond acceptors (Lipinski definition) is 9. The van der Waals surface area contributed by atoms with Crippen molar-refractivity contribution in [2.75, 3.05) is 0 Å². The van der Waals surface area contributed by atoms with Crippen LogP contribution >= 0.6 is 0 Å². The summed E-state index contributed by atoms with van der Waals surface area (Å²) in [4.78, 5) is 51.1. The van der Waals surface area contributed by atoms with Crippen LogP contribution in [0.5, 0.6) is 5.75 Å². The van der Waals surface area contributed by atoms with Crippen LogP contribution in [0.1, 0.15) is 40.5 Å². The summed E-state index contributed by atoms with van der Waals surface area (Å²) in [7, 11) is 0. The first kappa shape index (κ1) is 18.2. The summed E-state index contributed by atoms with van der Waals surface area (Å²) in [5.74, 6) is -5.43. The number of carbonyl (C=O) groups is 4. The standard InChI is InChI=1S/C20H16O9/c1-7-5-10(22)19(26)20(28-7)15-14(18-11(29-20)6-12(23)27-18)16(24)8-3-2-4-9(21)13(8)17(15)25/h2-4,7,11,18-19,21,26H,5-6H2,1H3/t7-,11+,18+,19+,20-/m1/s1. The number of hydrogen-bond donors (Lipinski definition) is 2. The van der Waals surface area contributed by atoms with Gasteiger partial charge in [0.1, 0.15) is 11.9 Å². The Morgan fingerprint density at radius 2 is 1.83 bits per heavy atom. The number of carbonyl (C=O) groups excluding carboxylic acids is 4. The first-order valence-electron chi connectivity index (χ1n) is 9.16. The molecule has 2 fully saturated rings. The molecule has 3 aliphatic heterocycles. The van der Waals surface area contributed by atoms with Crippen LogP contribution in [0.4, 0.5) is 0 Å². The number of aliphatic hydroxyl groups is 1. The molecule has 9 nitrogen and oxygen atoms in total. The average Bonchev–Trinajstić information content (AvgIpc) is 3.02. The SMILES string of the molecule is C[C@@H]1CC(=O)[C@H](O)[C@]2(O1)O[C@H]1CC(=O)O[C@@H]1C1=C2C(=O)c2c(O)cccc2C1=O. The summed E-state index contributed by atoms with van der Waals surface area (Å²) in [6.07, 6.45) is -5.12. The lowest BCUT2D eigenvalue weighted by atomic mass is 9.73. The molecule has 5 atom stereocenters. The maximum atomic E-state index is 13.4. The number of phenolic OH excluding ortho intramolecular Hbond substituents is 1. The van der Waals surface area contributed by atoms with Crippen LogP contribution in [0.15, 0.2) is 29.3 Å². The molecule has 0 aromatic heterocycles. The Bertz CT molecular complexity index is 1040. The smallest absolute Gasteiger partial charge is 0.309 e. The average molecular weight is 400 g/mol. The number of esters is 1. The quantitative estimate of drug-likeness (QED) is 0.586. The molecule has 0 amide bonds. The number of aliphatic hydroxyl groups excluding tert-OH is 1. The molecule has 1 aromatic rings. The van der Waals surface area contributed by atoms with Crippen molar-refractivity contribution in [2.45, 2.75) is 50.0 Å². The van der Waals surface area contributed by atoms with E-state index in [0.717, 1.165) is 0 Å². The molecule has 9 heteroatoms. The van der Waals surface area contributed by atoms with Crippen molar-refractivity contribution in [1.82, 2.24) is 0 Å².